The molecule has 2 aromatic carbocycles. The number of nitrogens with zero attached hydrogens (tertiary/aromatic N) is 2. The van der Waals surface area contributed by atoms with Crippen molar-refractivity contribution >= 4 is 43.5 Å². The van der Waals surface area contributed by atoms with Crippen LogP contribution in [0.1, 0.15) is 31.4 Å². The Morgan fingerprint density at radius 2 is 1.79 bits per heavy atom. The van der Waals surface area contributed by atoms with Crippen LogP contribution in [-0.4, -0.2) is 50.5 Å². The number of sulfonamides is 1. The van der Waals surface area contributed by atoms with Crippen LogP contribution in [0.3, 0.4) is 0 Å². The van der Waals surface area contributed by atoms with Crippen LogP contribution in [0.25, 0.3) is 0 Å². The summed E-state index contributed by atoms with van der Waals surface area (Å²) in [5.41, 5.74) is 1.77. The summed E-state index contributed by atoms with van der Waals surface area (Å²) in [5, 5.41) is 2.76. The van der Waals surface area contributed by atoms with E-state index < -0.39 is 34.3 Å². The highest BCUT2D eigenvalue weighted by atomic mass is 79.9. The lowest BCUT2D eigenvalue weighted by atomic mass is 10.1. The first-order valence-corrected chi connectivity index (χ1v) is 13.1. The van der Waals surface area contributed by atoms with E-state index in [2.05, 4.69) is 21.2 Å². The van der Waals surface area contributed by atoms with E-state index in [1.165, 1.54) is 29.2 Å². The number of carbonyl (C=O) groups is 2. The molecule has 0 aromatic heterocycles. The van der Waals surface area contributed by atoms with Crippen LogP contribution in [0.2, 0.25) is 0 Å². The van der Waals surface area contributed by atoms with Crippen molar-refractivity contribution in [3.8, 4) is 0 Å². The minimum absolute atomic E-state index is 0.0246. The Balaban J connectivity index is 2.38. The van der Waals surface area contributed by atoms with Gasteiger partial charge in [0.1, 0.15) is 18.4 Å². The molecule has 0 aliphatic carbocycles. The largest absolute Gasteiger partial charge is 0.354 e. The van der Waals surface area contributed by atoms with Crippen LogP contribution in [0.4, 0.5) is 10.1 Å². The molecule has 0 radical (unpaired) electrons. The number of amides is 2. The maximum Gasteiger partial charge on any atom is 0.244 e. The van der Waals surface area contributed by atoms with Gasteiger partial charge in [0, 0.05) is 17.6 Å². The summed E-state index contributed by atoms with van der Waals surface area (Å²) < 4.78 is 40.3. The summed E-state index contributed by atoms with van der Waals surface area (Å²) in [6, 6.07) is 9.72. The molecule has 0 saturated carbocycles. The van der Waals surface area contributed by atoms with Crippen LogP contribution in [0.15, 0.2) is 46.9 Å². The van der Waals surface area contributed by atoms with Gasteiger partial charge in [-0.3, -0.25) is 13.9 Å². The Bertz CT molecular complexity index is 1090. The molecule has 0 heterocycles. The summed E-state index contributed by atoms with van der Waals surface area (Å²) in [6.07, 6.45) is 1.76. The van der Waals surface area contributed by atoms with Gasteiger partial charge in [0.2, 0.25) is 21.8 Å². The second-order valence-corrected chi connectivity index (χ2v) is 10.6. The third-order valence-corrected chi connectivity index (χ3v) is 7.12. The van der Waals surface area contributed by atoms with E-state index in [0.717, 1.165) is 27.0 Å². The second kappa shape index (κ2) is 11.6. The van der Waals surface area contributed by atoms with Crippen molar-refractivity contribution in [2.24, 2.45) is 0 Å². The van der Waals surface area contributed by atoms with Crippen LogP contribution < -0.4 is 9.62 Å². The number of hydrogen-bond acceptors (Lipinski definition) is 4. The van der Waals surface area contributed by atoms with Gasteiger partial charge in [-0.15, -0.1) is 0 Å². The zero-order valence-electron chi connectivity index (χ0n) is 19.1. The average Bonchev–Trinajstić information content (AvgIpc) is 2.76. The monoisotopic (exact) mass is 541 g/mol. The number of rotatable bonds is 10. The van der Waals surface area contributed by atoms with E-state index in [0.29, 0.717) is 17.8 Å². The second-order valence-electron chi connectivity index (χ2n) is 7.82. The predicted molar refractivity (Wildman–Crippen MR) is 131 cm³/mol. The minimum Gasteiger partial charge on any atom is -0.354 e. The summed E-state index contributed by atoms with van der Waals surface area (Å²) in [5.74, 6) is -1.32. The van der Waals surface area contributed by atoms with Crippen LogP contribution in [0, 0.1) is 12.7 Å². The van der Waals surface area contributed by atoms with Crippen LogP contribution >= 0.6 is 15.9 Å². The lowest BCUT2D eigenvalue weighted by molar-refractivity contribution is -0.139. The maximum absolute atomic E-state index is 13.4. The molecule has 1 N–H and O–H groups in total. The number of anilines is 1. The highest BCUT2D eigenvalue weighted by Gasteiger charge is 2.30. The molecule has 33 heavy (non-hydrogen) atoms. The molecule has 0 unspecified atom stereocenters. The van der Waals surface area contributed by atoms with E-state index in [4.69, 9.17) is 0 Å². The summed E-state index contributed by atoms with van der Waals surface area (Å²) in [4.78, 5) is 27.3. The fraction of sp³-hybridized carbons (Fsp3) is 0.391. The molecule has 0 aliphatic heterocycles. The Hall–Kier alpha value is -2.46. The molecule has 1 atom stereocenters. The first kappa shape index (κ1) is 26.8. The molecule has 0 bridgehead atoms. The fourth-order valence-corrected chi connectivity index (χ4v) is 4.25. The summed E-state index contributed by atoms with van der Waals surface area (Å²) >= 11 is 3.39. The molecule has 0 fully saturated rings. The Kier molecular flexibility index (Phi) is 9.42. The van der Waals surface area contributed by atoms with Gasteiger partial charge in [0.25, 0.3) is 0 Å². The average molecular weight is 542 g/mol. The highest BCUT2D eigenvalue weighted by Crippen LogP contribution is 2.25. The van der Waals surface area contributed by atoms with Crippen molar-refractivity contribution in [1.82, 2.24) is 10.2 Å². The lowest BCUT2D eigenvalue weighted by Crippen LogP contribution is -2.51. The molecule has 2 rings (SSSR count). The minimum atomic E-state index is -3.79. The third kappa shape index (κ3) is 7.53. The molecule has 7 nitrogen and oxygen atoms in total. The van der Waals surface area contributed by atoms with E-state index in [1.54, 1.807) is 25.1 Å². The molecule has 0 saturated heterocycles. The van der Waals surface area contributed by atoms with Crippen molar-refractivity contribution in [2.45, 2.75) is 39.8 Å². The molecular weight excluding hydrogens is 513 g/mol. The van der Waals surface area contributed by atoms with Gasteiger partial charge < -0.3 is 10.2 Å². The number of hydrogen-bond donors (Lipinski definition) is 1. The van der Waals surface area contributed by atoms with E-state index in [-0.39, 0.29) is 12.5 Å². The van der Waals surface area contributed by atoms with Crippen molar-refractivity contribution < 1.29 is 22.4 Å². The normalized spacial score (nSPS) is 12.2. The molecule has 2 aromatic rings. The standard InChI is InChI=1S/C23H29BrFN3O4S/c1-5-12-26-23(30)17(3)27(14-18-6-8-19(25)9-7-18)22(29)15-28(33(4,31)32)20-10-11-21(24)16(2)13-20/h6-11,13,17H,5,12,14-15H2,1-4H3,(H,26,30)/t17-/m0/s1. The van der Waals surface area contributed by atoms with E-state index in [1.807, 2.05) is 13.8 Å². The maximum atomic E-state index is 13.4. The zero-order chi connectivity index (χ0) is 24.8. The van der Waals surface area contributed by atoms with Gasteiger partial charge in [-0.1, -0.05) is 35.0 Å². The van der Waals surface area contributed by atoms with Gasteiger partial charge in [-0.05, 0) is 61.7 Å². The number of benzene rings is 2. The van der Waals surface area contributed by atoms with Crippen molar-refractivity contribution in [1.29, 1.82) is 0 Å². The van der Waals surface area contributed by atoms with Gasteiger partial charge in [0.15, 0.2) is 0 Å². The molecule has 2 amide bonds. The Morgan fingerprint density at radius 1 is 1.15 bits per heavy atom. The van der Waals surface area contributed by atoms with Crippen molar-refractivity contribution in [2.75, 3.05) is 23.7 Å². The number of carbonyl (C=O) groups excluding carboxylic acids is 2. The Labute approximate surface area is 203 Å². The highest BCUT2D eigenvalue weighted by molar-refractivity contribution is 9.10. The molecule has 0 spiro atoms. The van der Waals surface area contributed by atoms with Gasteiger partial charge in [-0.2, -0.15) is 0 Å². The number of aryl methyl sites for hydroxylation is 1. The van der Waals surface area contributed by atoms with Gasteiger partial charge in [-0.25, -0.2) is 12.8 Å². The van der Waals surface area contributed by atoms with Crippen molar-refractivity contribution in [3.05, 3.63) is 63.9 Å². The molecule has 10 heteroatoms. The Morgan fingerprint density at radius 3 is 2.33 bits per heavy atom. The zero-order valence-corrected chi connectivity index (χ0v) is 21.5. The van der Waals surface area contributed by atoms with E-state index in [9.17, 15) is 22.4 Å². The first-order valence-electron chi connectivity index (χ1n) is 10.5. The first-order chi connectivity index (χ1) is 15.4. The smallest absolute Gasteiger partial charge is 0.244 e. The molecule has 0 aliphatic rings. The van der Waals surface area contributed by atoms with Crippen molar-refractivity contribution in [3.63, 3.8) is 0 Å². The fourth-order valence-electron chi connectivity index (χ4n) is 3.16. The van der Waals surface area contributed by atoms with E-state index >= 15 is 0 Å². The lowest BCUT2D eigenvalue weighted by Gasteiger charge is -2.31. The van der Waals surface area contributed by atoms with Crippen LogP contribution in [-0.2, 0) is 26.2 Å². The third-order valence-electron chi connectivity index (χ3n) is 5.09. The number of nitrogens with one attached hydrogen (secondary N) is 1. The van der Waals surface area contributed by atoms with Crippen LogP contribution in [0.5, 0.6) is 0 Å². The molecule has 180 valence electrons. The summed E-state index contributed by atoms with van der Waals surface area (Å²) in [7, 11) is -3.79. The topological polar surface area (TPSA) is 86.8 Å². The number of halogens is 2. The summed E-state index contributed by atoms with van der Waals surface area (Å²) in [6.45, 7) is 5.31. The van der Waals surface area contributed by atoms with Gasteiger partial charge in [0.05, 0.1) is 11.9 Å². The van der Waals surface area contributed by atoms with Gasteiger partial charge >= 0.3 is 0 Å². The molecular formula is C23H29BrFN3O4S. The quantitative estimate of drug-likeness (QED) is 0.497. The SMILES string of the molecule is CCCNC(=O)[C@H](C)N(Cc1ccc(F)cc1)C(=O)CN(c1ccc(Br)c(C)c1)S(C)(=O)=O. The predicted octanol–water partition coefficient (Wildman–Crippen LogP) is 3.61.